The molecule has 2 aromatic rings. The Morgan fingerprint density at radius 2 is 2.00 bits per heavy atom. The highest BCUT2D eigenvalue weighted by Gasteiger charge is 2.22. The number of rotatable bonds is 4. The minimum Gasteiger partial charge on any atom is -0.352 e. The Morgan fingerprint density at radius 3 is 2.64 bits per heavy atom. The molecule has 0 radical (unpaired) electrons. The van der Waals surface area contributed by atoms with E-state index in [-0.39, 0.29) is 5.82 Å². The molecule has 0 aromatic carbocycles. The molecule has 22 heavy (non-hydrogen) atoms. The van der Waals surface area contributed by atoms with Crippen molar-refractivity contribution in [3.63, 3.8) is 0 Å². The fourth-order valence-corrected chi connectivity index (χ4v) is 2.64. The molecule has 0 bridgehead atoms. The average molecular weight is 305 g/mol. The molecule has 3 heterocycles. The van der Waals surface area contributed by atoms with Crippen molar-refractivity contribution in [3.05, 3.63) is 29.5 Å². The van der Waals surface area contributed by atoms with Crippen LogP contribution in [0.1, 0.15) is 24.3 Å². The highest BCUT2D eigenvalue weighted by atomic mass is 19.1. The van der Waals surface area contributed by atoms with E-state index in [1.165, 1.54) is 6.33 Å². The predicted molar refractivity (Wildman–Crippen MR) is 80.0 cm³/mol. The molecule has 0 amide bonds. The number of nitrogens with zero attached hydrogens (tertiary/aromatic N) is 6. The predicted octanol–water partition coefficient (Wildman–Crippen LogP) is 0.927. The third kappa shape index (κ3) is 3.06. The van der Waals surface area contributed by atoms with E-state index >= 15 is 0 Å². The second kappa shape index (κ2) is 6.35. The van der Waals surface area contributed by atoms with E-state index in [4.69, 9.17) is 0 Å². The molecule has 3 rings (SSSR count). The molecule has 1 N–H and O–H groups in total. The Morgan fingerprint density at radius 1 is 1.23 bits per heavy atom. The van der Waals surface area contributed by atoms with Gasteiger partial charge in [0.1, 0.15) is 12.2 Å². The Balaban J connectivity index is 1.62. The van der Waals surface area contributed by atoms with Gasteiger partial charge in [0, 0.05) is 26.2 Å². The lowest BCUT2D eigenvalue weighted by Gasteiger charge is -2.34. The summed E-state index contributed by atoms with van der Waals surface area (Å²) >= 11 is 0. The van der Waals surface area contributed by atoms with Crippen molar-refractivity contribution in [2.75, 3.05) is 31.1 Å². The molecular formula is C14H20FN7. The van der Waals surface area contributed by atoms with Crippen LogP contribution in [0.15, 0.2) is 6.33 Å². The number of hydrogen-bond acceptors (Lipinski definition) is 6. The smallest absolute Gasteiger partial charge is 0.187 e. The van der Waals surface area contributed by atoms with Crippen LogP contribution in [-0.2, 0) is 13.0 Å². The van der Waals surface area contributed by atoms with E-state index in [1.807, 2.05) is 18.7 Å². The van der Waals surface area contributed by atoms with Crippen molar-refractivity contribution in [3.8, 4) is 0 Å². The van der Waals surface area contributed by atoms with Gasteiger partial charge >= 0.3 is 0 Å². The van der Waals surface area contributed by atoms with E-state index in [9.17, 15) is 4.39 Å². The van der Waals surface area contributed by atoms with E-state index in [0.29, 0.717) is 24.5 Å². The number of piperazine rings is 1. The fraction of sp³-hybridized carbons (Fsp3) is 0.571. The summed E-state index contributed by atoms with van der Waals surface area (Å²) in [6.07, 6.45) is 2.02. The number of nitrogens with one attached hydrogen (secondary N) is 1. The Hall–Kier alpha value is -2.09. The molecule has 1 fully saturated rings. The lowest BCUT2D eigenvalue weighted by atomic mass is 10.2. The van der Waals surface area contributed by atoms with Crippen LogP contribution in [0, 0.1) is 12.7 Å². The molecule has 1 aliphatic rings. The minimum atomic E-state index is -0.289. The lowest BCUT2D eigenvalue weighted by Crippen LogP contribution is -2.46. The lowest BCUT2D eigenvalue weighted by molar-refractivity contribution is 0.243. The number of aromatic amines is 1. The van der Waals surface area contributed by atoms with Crippen LogP contribution in [0.5, 0.6) is 0 Å². The molecule has 1 saturated heterocycles. The monoisotopic (exact) mass is 305 g/mol. The zero-order chi connectivity index (χ0) is 15.5. The molecule has 7 nitrogen and oxygen atoms in total. The van der Waals surface area contributed by atoms with E-state index < -0.39 is 0 Å². The number of aryl methyl sites for hydroxylation is 2. The van der Waals surface area contributed by atoms with E-state index in [2.05, 4.69) is 30.0 Å². The molecule has 1 aliphatic heterocycles. The van der Waals surface area contributed by atoms with Crippen molar-refractivity contribution in [2.24, 2.45) is 0 Å². The van der Waals surface area contributed by atoms with Gasteiger partial charge < -0.3 is 4.90 Å². The summed E-state index contributed by atoms with van der Waals surface area (Å²) in [4.78, 5) is 16.7. The van der Waals surface area contributed by atoms with Gasteiger partial charge in [0.15, 0.2) is 17.5 Å². The highest BCUT2D eigenvalue weighted by molar-refractivity contribution is 5.41. The topological polar surface area (TPSA) is 73.8 Å². The van der Waals surface area contributed by atoms with Gasteiger partial charge in [-0.1, -0.05) is 6.92 Å². The second-order valence-corrected chi connectivity index (χ2v) is 5.41. The quantitative estimate of drug-likeness (QED) is 0.906. The Bertz CT molecular complexity index is 634. The van der Waals surface area contributed by atoms with Gasteiger partial charge in [0.25, 0.3) is 0 Å². The normalized spacial score (nSPS) is 16.2. The maximum atomic E-state index is 14.3. The number of H-pyrrole nitrogens is 1. The maximum absolute atomic E-state index is 14.3. The van der Waals surface area contributed by atoms with Crippen molar-refractivity contribution in [1.29, 1.82) is 0 Å². The second-order valence-electron chi connectivity index (χ2n) is 5.41. The molecule has 0 atom stereocenters. The summed E-state index contributed by atoms with van der Waals surface area (Å²) in [5.74, 6) is 1.75. The van der Waals surface area contributed by atoms with Crippen molar-refractivity contribution in [2.45, 2.75) is 26.8 Å². The summed E-state index contributed by atoms with van der Waals surface area (Å²) in [5.41, 5.74) is 0.476. The van der Waals surface area contributed by atoms with Crippen LogP contribution < -0.4 is 4.90 Å². The summed E-state index contributed by atoms with van der Waals surface area (Å²) in [7, 11) is 0. The third-order valence-corrected chi connectivity index (χ3v) is 3.86. The van der Waals surface area contributed by atoms with Crippen LogP contribution in [0.3, 0.4) is 0 Å². The summed E-state index contributed by atoms with van der Waals surface area (Å²) in [6, 6.07) is 0. The summed E-state index contributed by atoms with van der Waals surface area (Å²) in [5, 5.41) is 7.00. The van der Waals surface area contributed by atoms with Gasteiger partial charge in [-0.15, -0.1) is 0 Å². The largest absolute Gasteiger partial charge is 0.352 e. The van der Waals surface area contributed by atoms with Crippen molar-refractivity contribution in [1.82, 2.24) is 30.0 Å². The third-order valence-electron chi connectivity index (χ3n) is 3.86. The van der Waals surface area contributed by atoms with Gasteiger partial charge in [0.05, 0.1) is 12.2 Å². The molecular weight excluding hydrogens is 285 g/mol. The van der Waals surface area contributed by atoms with Gasteiger partial charge in [-0.3, -0.25) is 10.00 Å². The van der Waals surface area contributed by atoms with Gasteiger partial charge in [-0.05, 0) is 13.3 Å². The van der Waals surface area contributed by atoms with Gasteiger partial charge in [-0.2, -0.15) is 5.10 Å². The standard InChI is InChI=1S/C14H20FN7/c1-3-11-13(15)14(17-9-16-11)22-6-4-21(5-7-22)8-12-18-10(2)19-20-12/h9H,3-8H2,1-2H3,(H,18,19,20). The van der Waals surface area contributed by atoms with Gasteiger partial charge in [-0.25, -0.2) is 19.3 Å². The molecule has 0 unspecified atom stereocenters. The molecule has 8 heteroatoms. The number of anilines is 1. The number of halogens is 1. The van der Waals surface area contributed by atoms with Crippen LogP contribution >= 0.6 is 0 Å². The van der Waals surface area contributed by atoms with Crippen LogP contribution in [-0.4, -0.2) is 56.2 Å². The van der Waals surface area contributed by atoms with E-state index in [1.54, 1.807) is 0 Å². The van der Waals surface area contributed by atoms with Crippen molar-refractivity contribution >= 4 is 5.82 Å². The molecule has 0 spiro atoms. The minimum absolute atomic E-state index is 0.289. The van der Waals surface area contributed by atoms with E-state index in [0.717, 1.165) is 37.8 Å². The first-order chi connectivity index (χ1) is 10.7. The van der Waals surface area contributed by atoms with Crippen LogP contribution in [0.25, 0.3) is 0 Å². The number of aromatic nitrogens is 5. The van der Waals surface area contributed by atoms with Crippen LogP contribution in [0.2, 0.25) is 0 Å². The maximum Gasteiger partial charge on any atom is 0.187 e. The highest BCUT2D eigenvalue weighted by Crippen LogP contribution is 2.20. The molecule has 0 aliphatic carbocycles. The first-order valence-corrected chi connectivity index (χ1v) is 7.52. The van der Waals surface area contributed by atoms with Crippen molar-refractivity contribution < 1.29 is 4.39 Å². The SMILES string of the molecule is CCc1ncnc(N2CCN(Cc3n[nH]c(C)n3)CC2)c1F. The fourth-order valence-electron chi connectivity index (χ4n) is 2.64. The first-order valence-electron chi connectivity index (χ1n) is 7.52. The molecule has 118 valence electrons. The summed E-state index contributed by atoms with van der Waals surface area (Å²) in [6.45, 7) is 7.63. The van der Waals surface area contributed by atoms with Crippen LogP contribution in [0.4, 0.5) is 10.2 Å². The summed E-state index contributed by atoms with van der Waals surface area (Å²) < 4.78 is 14.3. The zero-order valence-corrected chi connectivity index (χ0v) is 12.9. The first kappa shape index (κ1) is 14.8. The Labute approximate surface area is 128 Å². The Kier molecular flexibility index (Phi) is 4.28. The molecule has 0 saturated carbocycles. The number of hydrogen-bond donors (Lipinski definition) is 1. The molecule has 2 aromatic heterocycles. The zero-order valence-electron chi connectivity index (χ0n) is 12.9. The van der Waals surface area contributed by atoms with Gasteiger partial charge in [0.2, 0.25) is 0 Å². The average Bonchev–Trinajstić information content (AvgIpc) is 2.94.